The van der Waals surface area contributed by atoms with E-state index in [0.717, 1.165) is 50.0 Å². The lowest BCUT2D eigenvalue weighted by atomic mass is 9.77. The highest BCUT2D eigenvalue weighted by molar-refractivity contribution is 6.30. The summed E-state index contributed by atoms with van der Waals surface area (Å²) in [5.74, 6) is 2.99. The molecular weight excluding hydrogens is 390 g/mol. The van der Waals surface area contributed by atoms with Gasteiger partial charge in [-0.25, -0.2) is 9.67 Å². The predicted molar refractivity (Wildman–Crippen MR) is 110 cm³/mol. The molecule has 0 bridgehead atoms. The summed E-state index contributed by atoms with van der Waals surface area (Å²) >= 11 is 6.01. The number of nitrogens with zero attached hydrogens (tertiary/aromatic N) is 5. The average molecular weight is 418 g/mol. The first kappa shape index (κ1) is 19.3. The summed E-state index contributed by atoms with van der Waals surface area (Å²) in [5, 5.41) is 9.38. The van der Waals surface area contributed by atoms with Gasteiger partial charge in [-0.05, 0) is 55.6 Å². The SMILES string of the molecule is COCc1cn([C@@H]2C[C@@H]3CN(c4ccc(Cl)cn4)C[C@@H]3C[C@H]2OCC2CC2)nn1. The van der Waals surface area contributed by atoms with E-state index in [9.17, 15) is 0 Å². The fourth-order valence-electron chi connectivity index (χ4n) is 4.82. The summed E-state index contributed by atoms with van der Waals surface area (Å²) in [6, 6.07) is 4.17. The van der Waals surface area contributed by atoms with Crippen molar-refractivity contribution in [1.29, 1.82) is 0 Å². The summed E-state index contributed by atoms with van der Waals surface area (Å²) in [5.41, 5.74) is 0.869. The van der Waals surface area contributed by atoms with Crippen LogP contribution in [0.4, 0.5) is 5.82 Å². The van der Waals surface area contributed by atoms with Crippen LogP contribution in [-0.2, 0) is 16.1 Å². The number of pyridine rings is 1. The lowest BCUT2D eigenvalue weighted by Gasteiger charge is -2.37. The number of halogens is 1. The number of methoxy groups -OCH3 is 1. The van der Waals surface area contributed by atoms with E-state index in [1.165, 1.54) is 12.8 Å². The molecule has 2 aliphatic carbocycles. The van der Waals surface area contributed by atoms with Crippen LogP contribution in [0.1, 0.15) is 37.4 Å². The second-order valence-electron chi connectivity index (χ2n) is 8.74. The Labute approximate surface area is 176 Å². The molecule has 7 nitrogen and oxygen atoms in total. The highest BCUT2D eigenvalue weighted by atomic mass is 35.5. The molecule has 156 valence electrons. The van der Waals surface area contributed by atoms with Gasteiger partial charge < -0.3 is 14.4 Å². The second kappa shape index (κ2) is 8.20. The first-order chi connectivity index (χ1) is 14.2. The summed E-state index contributed by atoms with van der Waals surface area (Å²) in [6.07, 6.45) is 8.67. The lowest BCUT2D eigenvalue weighted by Crippen LogP contribution is -2.38. The van der Waals surface area contributed by atoms with Crippen LogP contribution in [0.25, 0.3) is 0 Å². The van der Waals surface area contributed by atoms with E-state index in [1.54, 1.807) is 13.3 Å². The zero-order valence-corrected chi connectivity index (χ0v) is 17.5. The maximum Gasteiger partial charge on any atom is 0.128 e. The van der Waals surface area contributed by atoms with E-state index in [1.807, 2.05) is 23.0 Å². The van der Waals surface area contributed by atoms with Gasteiger partial charge in [-0.3, -0.25) is 0 Å². The molecule has 0 N–H and O–H groups in total. The Morgan fingerprint density at radius 3 is 2.72 bits per heavy atom. The monoisotopic (exact) mass is 417 g/mol. The maximum atomic E-state index is 6.44. The van der Waals surface area contributed by atoms with Gasteiger partial charge in [0.05, 0.1) is 30.0 Å². The van der Waals surface area contributed by atoms with E-state index in [2.05, 4.69) is 20.2 Å². The molecule has 2 saturated carbocycles. The van der Waals surface area contributed by atoms with Gasteiger partial charge in [0.2, 0.25) is 0 Å². The van der Waals surface area contributed by atoms with Gasteiger partial charge in [-0.1, -0.05) is 16.8 Å². The smallest absolute Gasteiger partial charge is 0.128 e. The zero-order valence-electron chi connectivity index (χ0n) is 16.8. The van der Waals surface area contributed by atoms with Gasteiger partial charge in [0.15, 0.2) is 0 Å². The summed E-state index contributed by atoms with van der Waals surface area (Å²) < 4.78 is 13.7. The van der Waals surface area contributed by atoms with Gasteiger partial charge in [-0.2, -0.15) is 0 Å². The highest BCUT2D eigenvalue weighted by Gasteiger charge is 2.44. The largest absolute Gasteiger partial charge is 0.378 e. The number of hydrogen-bond acceptors (Lipinski definition) is 6. The summed E-state index contributed by atoms with van der Waals surface area (Å²) in [6.45, 7) is 3.41. The third-order valence-electron chi connectivity index (χ3n) is 6.55. The molecule has 3 fully saturated rings. The minimum absolute atomic E-state index is 0.187. The highest BCUT2D eigenvalue weighted by Crippen LogP contribution is 2.44. The van der Waals surface area contributed by atoms with Crippen LogP contribution in [-0.4, -0.2) is 52.9 Å². The van der Waals surface area contributed by atoms with E-state index < -0.39 is 0 Å². The topological polar surface area (TPSA) is 65.3 Å². The third kappa shape index (κ3) is 4.27. The van der Waals surface area contributed by atoms with Crippen LogP contribution in [0.5, 0.6) is 0 Å². The van der Waals surface area contributed by atoms with Crippen LogP contribution in [0.3, 0.4) is 0 Å². The number of fused-ring (bicyclic) bond motifs is 1. The van der Waals surface area contributed by atoms with Crippen molar-refractivity contribution in [3.05, 3.63) is 35.2 Å². The van der Waals surface area contributed by atoms with Crippen LogP contribution in [0.2, 0.25) is 5.02 Å². The van der Waals surface area contributed by atoms with Crippen molar-refractivity contribution in [3.8, 4) is 0 Å². The molecular formula is C21H28ClN5O2. The molecule has 1 saturated heterocycles. The van der Waals surface area contributed by atoms with Crippen molar-refractivity contribution in [1.82, 2.24) is 20.0 Å². The Morgan fingerprint density at radius 2 is 2.00 bits per heavy atom. The molecule has 0 spiro atoms. The Kier molecular flexibility index (Phi) is 5.45. The third-order valence-corrected chi connectivity index (χ3v) is 6.78. The van der Waals surface area contributed by atoms with Gasteiger partial charge >= 0.3 is 0 Å². The Bertz CT molecular complexity index is 825. The minimum Gasteiger partial charge on any atom is -0.378 e. The number of aromatic nitrogens is 4. The van der Waals surface area contributed by atoms with Crippen molar-refractivity contribution < 1.29 is 9.47 Å². The van der Waals surface area contributed by atoms with E-state index in [4.69, 9.17) is 21.1 Å². The van der Waals surface area contributed by atoms with Gasteiger partial charge in [0.25, 0.3) is 0 Å². The molecule has 8 heteroatoms. The van der Waals surface area contributed by atoms with E-state index >= 15 is 0 Å². The molecule has 0 radical (unpaired) electrons. The fraction of sp³-hybridized carbons (Fsp3) is 0.667. The normalized spacial score (nSPS) is 29.2. The molecule has 0 amide bonds. The van der Waals surface area contributed by atoms with Crippen molar-refractivity contribution in [3.63, 3.8) is 0 Å². The predicted octanol–water partition coefficient (Wildman–Crippen LogP) is 3.36. The molecule has 2 aromatic heterocycles. The second-order valence-corrected chi connectivity index (χ2v) is 9.17. The first-order valence-corrected chi connectivity index (χ1v) is 10.9. The fourth-order valence-corrected chi connectivity index (χ4v) is 4.94. The average Bonchev–Trinajstić information content (AvgIpc) is 3.28. The summed E-state index contributed by atoms with van der Waals surface area (Å²) in [4.78, 5) is 6.92. The lowest BCUT2D eigenvalue weighted by molar-refractivity contribution is -0.0375. The zero-order chi connectivity index (χ0) is 19.8. The number of rotatable bonds is 7. The number of anilines is 1. The van der Waals surface area contributed by atoms with Crippen LogP contribution in [0, 0.1) is 17.8 Å². The molecule has 2 aromatic rings. The number of ether oxygens (including phenoxy) is 2. The van der Waals surface area contributed by atoms with Crippen molar-refractivity contribution in [2.75, 3.05) is 31.7 Å². The summed E-state index contributed by atoms with van der Waals surface area (Å²) in [7, 11) is 1.68. The maximum absolute atomic E-state index is 6.44. The Hall–Kier alpha value is -1.70. The van der Waals surface area contributed by atoms with Crippen LogP contribution >= 0.6 is 11.6 Å². The van der Waals surface area contributed by atoms with Gasteiger partial charge in [-0.15, -0.1) is 5.10 Å². The van der Waals surface area contributed by atoms with Gasteiger partial charge in [0.1, 0.15) is 11.5 Å². The quantitative estimate of drug-likeness (QED) is 0.688. The molecule has 0 unspecified atom stereocenters. The van der Waals surface area contributed by atoms with Crippen molar-refractivity contribution in [2.45, 2.75) is 44.4 Å². The molecule has 3 aliphatic rings. The first-order valence-electron chi connectivity index (χ1n) is 10.6. The Morgan fingerprint density at radius 1 is 1.17 bits per heavy atom. The molecule has 29 heavy (non-hydrogen) atoms. The molecule has 0 aromatic carbocycles. The number of hydrogen-bond donors (Lipinski definition) is 0. The van der Waals surface area contributed by atoms with Gasteiger partial charge in [0, 0.05) is 33.0 Å². The van der Waals surface area contributed by atoms with E-state index in [0.29, 0.717) is 23.5 Å². The van der Waals surface area contributed by atoms with Crippen molar-refractivity contribution >= 4 is 17.4 Å². The standard InChI is InChI=1S/C21H28ClN5O2/c1-28-13-18-11-27(25-24-18)19-6-15-9-26(21-5-4-17(22)8-23-21)10-16(15)7-20(19)29-12-14-2-3-14/h4-5,8,11,14-16,19-20H,2-3,6-7,9-10,12-13H2,1H3/t15-,16+,19-,20-/m1/s1. The molecule has 5 rings (SSSR count). The Balaban J connectivity index is 1.32. The molecule has 4 atom stereocenters. The van der Waals surface area contributed by atoms with Crippen LogP contribution < -0.4 is 4.90 Å². The molecule has 1 aliphatic heterocycles. The van der Waals surface area contributed by atoms with Crippen molar-refractivity contribution in [2.24, 2.45) is 17.8 Å². The minimum atomic E-state index is 0.187. The van der Waals surface area contributed by atoms with E-state index in [-0.39, 0.29) is 12.1 Å². The molecule has 3 heterocycles. The van der Waals surface area contributed by atoms with Crippen LogP contribution in [0.15, 0.2) is 24.5 Å².